The van der Waals surface area contributed by atoms with E-state index in [1.807, 2.05) is 13.8 Å². The fraction of sp³-hybridized carbons (Fsp3) is 0.900. The molecular weight excluding hydrogens is 408 g/mol. The van der Waals surface area contributed by atoms with Crippen LogP contribution in [0.2, 0.25) is 0 Å². The quantitative estimate of drug-likeness (QED) is 0.450. The monoisotopic (exact) mass is 458 g/mol. The van der Waals surface area contributed by atoms with Crippen molar-refractivity contribution in [3.63, 3.8) is 0 Å². The van der Waals surface area contributed by atoms with Gasteiger partial charge in [0.2, 0.25) is 0 Å². The van der Waals surface area contributed by atoms with Gasteiger partial charge in [-0.05, 0) is 86.9 Å². The molecule has 3 saturated carbocycles. The molecule has 2 N–H and O–H groups in total. The molecule has 33 heavy (non-hydrogen) atoms. The number of carbonyl (C=O) groups excluding carboxylic acids is 1. The molecule has 4 aliphatic rings. The smallest absolute Gasteiger partial charge is 0.140 e. The Morgan fingerprint density at radius 3 is 2.39 bits per heavy atom. The Labute approximate surface area is 202 Å². The number of hydrogen-bond donors (Lipinski definition) is 2. The number of carbonyl (C=O) groups is 1. The summed E-state index contributed by atoms with van der Waals surface area (Å²) in [4.78, 5) is 14.2. The predicted octanol–water partition coefficient (Wildman–Crippen LogP) is 6.71. The minimum Gasteiger partial charge on any atom is -0.392 e. The van der Waals surface area contributed by atoms with Gasteiger partial charge in [-0.2, -0.15) is 0 Å². The Bertz CT molecular complexity index is 819. The number of fused-ring (bicyclic) bond motifs is 5. The largest absolute Gasteiger partial charge is 0.392 e. The maximum Gasteiger partial charge on any atom is 0.140 e. The van der Waals surface area contributed by atoms with Gasteiger partial charge < -0.3 is 10.2 Å². The minimum absolute atomic E-state index is 0.0530. The normalized spacial score (nSPS) is 45.6. The minimum atomic E-state index is -0.593. The molecule has 3 fully saturated rings. The summed E-state index contributed by atoms with van der Waals surface area (Å²) in [5, 5.41) is 20.9. The van der Waals surface area contributed by atoms with Crippen molar-refractivity contribution in [2.24, 2.45) is 45.3 Å². The lowest BCUT2D eigenvalue weighted by Crippen LogP contribution is -2.63. The molecule has 3 nitrogen and oxygen atoms in total. The van der Waals surface area contributed by atoms with Gasteiger partial charge in [-0.3, -0.25) is 4.79 Å². The molecular formula is C30H50O3. The summed E-state index contributed by atoms with van der Waals surface area (Å²) in [7, 11) is 0. The Kier molecular flexibility index (Phi) is 6.10. The van der Waals surface area contributed by atoms with Gasteiger partial charge in [0, 0.05) is 17.3 Å². The summed E-state index contributed by atoms with van der Waals surface area (Å²) in [6, 6.07) is 0. The second kappa shape index (κ2) is 7.92. The molecule has 0 aromatic heterocycles. The summed E-state index contributed by atoms with van der Waals surface area (Å²) in [6.07, 6.45) is 11.1. The zero-order valence-corrected chi connectivity index (χ0v) is 22.6. The van der Waals surface area contributed by atoms with E-state index in [0.717, 1.165) is 38.5 Å². The molecule has 0 saturated heterocycles. The second-order valence-electron chi connectivity index (χ2n) is 14.4. The van der Waals surface area contributed by atoms with Crippen molar-refractivity contribution in [1.82, 2.24) is 0 Å². The SMILES string of the molecule is C[C@H](CCCC(C)(C)O)C1CC[C@@]2(C)C3CC=C4C(CC[C@H](O)C4(C)C)[C@]3(C)C(=O)C[C@]12C. The van der Waals surface area contributed by atoms with Crippen LogP contribution >= 0.6 is 0 Å². The van der Waals surface area contributed by atoms with Gasteiger partial charge >= 0.3 is 0 Å². The zero-order chi connectivity index (χ0) is 24.6. The van der Waals surface area contributed by atoms with Gasteiger partial charge in [-0.25, -0.2) is 0 Å². The standard InChI is InChI=1S/C30H50O3/c1-19(10-9-16-26(2,3)33)20-15-17-28(6)23-13-11-21-22(12-14-24(31)27(21,4)5)30(23,8)25(32)18-29(20,28)7/h11,19-20,22-24,31,33H,9-10,12-18H2,1-8H3/t19-,20?,22?,23?,24+,28+,29-,30+/m1/s1. The highest BCUT2D eigenvalue weighted by molar-refractivity contribution is 5.88. The average molecular weight is 459 g/mol. The van der Waals surface area contributed by atoms with E-state index in [1.54, 1.807) is 0 Å². The first-order valence-corrected chi connectivity index (χ1v) is 13.7. The Hall–Kier alpha value is -0.670. The Morgan fingerprint density at radius 1 is 1.09 bits per heavy atom. The van der Waals surface area contributed by atoms with Crippen LogP contribution in [0, 0.1) is 45.3 Å². The maximum absolute atomic E-state index is 14.2. The van der Waals surface area contributed by atoms with Crippen LogP contribution in [-0.4, -0.2) is 27.7 Å². The molecule has 4 aliphatic carbocycles. The van der Waals surface area contributed by atoms with Gasteiger partial charge in [-0.1, -0.05) is 66.0 Å². The highest BCUT2D eigenvalue weighted by Gasteiger charge is 2.70. The Morgan fingerprint density at radius 2 is 1.76 bits per heavy atom. The number of hydrogen-bond acceptors (Lipinski definition) is 3. The van der Waals surface area contributed by atoms with Crippen molar-refractivity contribution >= 4 is 5.78 Å². The van der Waals surface area contributed by atoms with Gasteiger partial charge in [-0.15, -0.1) is 0 Å². The van der Waals surface area contributed by atoms with Crippen LogP contribution in [0.3, 0.4) is 0 Å². The van der Waals surface area contributed by atoms with Gasteiger partial charge in [0.25, 0.3) is 0 Å². The van der Waals surface area contributed by atoms with Crippen LogP contribution in [0.25, 0.3) is 0 Å². The lowest BCUT2D eigenvalue weighted by molar-refractivity contribution is -0.171. The van der Waals surface area contributed by atoms with E-state index in [0.29, 0.717) is 30.0 Å². The first-order chi connectivity index (χ1) is 15.1. The lowest BCUT2D eigenvalue weighted by Gasteiger charge is -2.64. The molecule has 0 bridgehead atoms. The third-order valence-corrected chi connectivity index (χ3v) is 11.8. The van der Waals surface area contributed by atoms with E-state index in [4.69, 9.17) is 0 Å². The molecule has 0 heterocycles. The highest BCUT2D eigenvalue weighted by atomic mass is 16.3. The summed E-state index contributed by atoms with van der Waals surface area (Å²) in [6.45, 7) is 17.8. The fourth-order valence-electron chi connectivity index (χ4n) is 9.44. The van der Waals surface area contributed by atoms with Crippen LogP contribution < -0.4 is 0 Å². The number of ketones is 1. The highest BCUT2D eigenvalue weighted by Crippen LogP contribution is 2.74. The van der Waals surface area contributed by atoms with E-state index in [2.05, 4.69) is 47.6 Å². The van der Waals surface area contributed by atoms with E-state index >= 15 is 0 Å². The van der Waals surface area contributed by atoms with Crippen molar-refractivity contribution in [3.8, 4) is 0 Å². The first kappa shape index (κ1) is 25.4. The first-order valence-electron chi connectivity index (χ1n) is 13.7. The van der Waals surface area contributed by atoms with Crippen LogP contribution in [-0.2, 0) is 4.79 Å². The number of aliphatic hydroxyl groups excluding tert-OH is 1. The second-order valence-corrected chi connectivity index (χ2v) is 14.4. The van der Waals surface area contributed by atoms with E-state index in [-0.39, 0.29) is 33.7 Å². The Balaban J connectivity index is 1.64. The van der Waals surface area contributed by atoms with Crippen LogP contribution in [0.5, 0.6) is 0 Å². The molecule has 3 unspecified atom stereocenters. The third-order valence-electron chi connectivity index (χ3n) is 11.8. The van der Waals surface area contributed by atoms with Crippen molar-refractivity contribution < 1.29 is 15.0 Å². The molecule has 8 atom stereocenters. The van der Waals surface area contributed by atoms with E-state index < -0.39 is 5.60 Å². The van der Waals surface area contributed by atoms with Crippen LogP contribution in [0.1, 0.15) is 113 Å². The number of Topliss-reactive ketones (excluding diaryl/α,β-unsaturated/α-hetero) is 1. The summed E-state index contributed by atoms with van der Waals surface area (Å²) in [5.41, 5.74) is 0.463. The topological polar surface area (TPSA) is 57.5 Å². The summed E-state index contributed by atoms with van der Waals surface area (Å²) in [5.74, 6) is 2.32. The molecule has 188 valence electrons. The maximum atomic E-state index is 14.2. The molecule has 0 spiro atoms. The molecule has 4 rings (SSSR count). The zero-order valence-electron chi connectivity index (χ0n) is 22.6. The average Bonchev–Trinajstić information content (AvgIpc) is 2.95. The molecule has 0 aromatic carbocycles. The number of aliphatic hydroxyl groups is 2. The molecule has 0 aromatic rings. The van der Waals surface area contributed by atoms with Crippen molar-refractivity contribution in [1.29, 1.82) is 0 Å². The van der Waals surface area contributed by atoms with Gasteiger partial charge in [0.05, 0.1) is 11.7 Å². The van der Waals surface area contributed by atoms with Gasteiger partial charge in [0.1, 0.15) is 5.78 Å². The van der Waals surface area contributed by atoms with Crippen LogP contribution in [0.15, 0.2) is 11.6 Å². The fourth-order valence-corrected chi connectivity index (χ4v) is 9.44. The lowest BCUT2D eigenvalue weighted by atomic mass is 9.38. The molecule has 0 aliphatic heterocycles. The molecule has 3 heteroatoms. The third kappa shape index (κ3) is 3.62. The number of allylic oxidation sites excluding steroid dienone is 1. The van der Waals surface area contributed by atoms with Crippen molar-refractivity contribution in [2.75, 3.05) is 0 Å². The summed E-state index contributed by atoms with van der Waals surface area (Å²) >= 11 is 0. The predicted molar refractivity (Wildman–Crippen MR) is 135 cm³/mol. The van der Waals surface area contributed by atoms with Crippen molar-refractivity contribution in [3.05, 3.63) is 11.6 Å². The molecule has 0 radical (unpaired) electrons. The number of rotatable bonds is 5. The summed E-state index contributed by atoms with van der Waals surface area (Å²) < 4.78 is 0. The molecule has 0 amide bonds. The van der Waals surface area contributed by atoms with E-state index in [1.165, 1.54) is 18.4 Å². The van der Waals surface area contributed by atoms with Crippen molar-refractivity contribution in [2.45, 2.75) is 125 Å². The van der Waals surface area contributed by atoms with E-state index in [9.17, 15) is 15.0 Å². The van der Waals surface area contributed by atoms with Gasteiger partial charge in [0.15, 0.2) is 0 Å². The van der Waals surface area contributed by atoms with Crippen LogP contribution in [0.4, 0.5) is 0 Å².